The summed E-state index contributed by atoms with van der Waals surface area (Å²) in [6.45, 7) is 6.43. The molecule has 2 aliphatic heterocycles. The first-order chi connectivity index (χ1) is 14.1. The third-order valence-corrected chi connectivity index (χ3v) is 6.38. The van der Waals surface area contributed by atoms with Crippen molar-refractivity contribution in [1.29, 1.82) is 0 Å². The number of benzene rings is 2. The molecule has 1 amide bonds. The summed E-state index contributed by atoms with van der Waals surface area (Å²) < 4.78 is 5.26. The van der Waals surface area contributed by atoms with Crippen molar-refractivity contribution >= 4 is 11.6 Å². The van der Waals surface area contributed by atoms with Crippen molar-refractivity contribution < 1.29 is 9.53 Å². The summed E-state index contributed by atoms with van der Waals surface area (Å²) in [6, 6.07) is 16.7. The zero-order valence-corrected chi connectivity index (χ0v) is 17.5. The van der Waals surface area contributed by atoms with Crippen LogP contribution in [0.25, 0.3) is 0 Å². The van der Waals surface area contributed by atoms with Gasteiger partial charge in [-0.15, -0.1) is 0 Å². The highest BCUT2D eigenvalue weighted by atomic mass is 16.5. The van der Waals surface area contributed by atoms with Gasteiger partial charge in [0.2, 0.25) is 5.91 Å². The molecule has 0 bridgehead atoms. The fraction of sp³-hybridized carbons (Fsp3) is 0.458. The fourth-order valence-electron chi connectivity index (χ4n) is 4.52. The van der Waals surface area contributed by atoms with Gasteiger partial charge in [-0.3, -0.25) is 9.69 Å². The number of anilines is 1. The van der Waals surface area contributed by atoms with Crippen LogP contribution in [0, 0.1) is 0 Å². The number of ether oxygens (including phenoxy) is 1. The number of likely N-dealkylation sites (tertiary alicyclic amines) is 1. The smallest absolute Gasteiger partial charge is 0.225 e. The number of nitrogens with zero attached hydrogens (tertiary/aromatic N) is 2. The lowest BCUT2D eigenvalue weighted by Crippen LogP contribution is -2.53. The van der Waals surface area contributed by atoms with Crippen LogP contribution in [-0.2, 0) is 17.9 Å². The molecule has 0 saturated carbocycles. The van der Waals surface area contributed by atoms with E-state index in [4.69, 9.17) is 4.74 Å². The maximum Gasteiger partial charge on any atom is 0.225 e. The minimum atomic E-state index is -0.155. The Morgan fingerprint density at radius 1 is 1.07 bits per heavy atom. The van der Waals surface area contributed by atoms with E-state index in [0.717, 1.165) is 44.8 Å². The lowest BCUT2D eigenvalue weighted by molar-refractivity contribution is -0.133. The van der Waals surface area contributed by atoms with Gasteiger partial charge in [0, 0.05) is 50.4 Å². The third-order valence-electron chi connectivity index (χ3n) is 6.38. The van der Waals surface area contributed by atoms with Gasteiger partial charge in [0.25, 0.3) is 0 Å². The lowest BCUT2D eigenvalue weighted by atomic mass is 9.82. The average Bonchev–Trinajstić information content (AvgIpc) is 2.74. The molecule has 1 fully saturated rings. The topological polar surface area (TPSA) is 44.8 Å². The van der Waals surface area contributed by atoms with Gasteiger partial charge >= 0.3 is 0 Å². The van der Waals surface area contributed by atoms with Crippen molar-refractivity contribution in [3.63, 3.8) is 0 Å². The number of hydrogen-bond acceptors (Lipinski definition) is 4. The summed E-state index contributed by atoms with van der Waals surface area (Å²) in [7, 11) is 1.69. The Labute approximate surface area is 173 Å². The van der Waals surface area contributed by atoms with Gasteiger partial charge in [0.1, 0.15) is 5.75 Å². The minimum absolute atomic E-state index is 0.155. The number of carbonyl (C=O) groups excluding carboxylic acids is 1. The third kappa shape index (κ3) is 4.40. The number of rotatable bonds is 4. The monoisotopic (exact) mass is 393 g/mol. The summed E-state index contributed by atoms with van der Waals surface area (Å²) in [5, 5.41) is 3.80. The van der Waals surface area contributed by atoms with Crippen molar-refractivity contribution in [3.8, 4) is 5.75 Å². The Hall–Kier alpha value is -2.53. The van der Waals surface area contributed by atoms with E-state index in [9.17, 15) is 4.79 Å². The van der Waals surface area contributed by atoms with Crippen molar-refractivity contribution in [2.24, 2.45) is 0 Å². The van der Waals surface area contributed by atoms with Gasteiger partial charge in [0.15, 0.2) is 0 Å². The molecule has 29 heavy (non-hydrogen) atoms. The summed E-state index contributed by atoms with van der Waals surface area (Å²) in [5.74, 6) is 1.15. The highest BCUT2D eigenvalue weighted by Gasteiger charge is 2.39. The molecule has 154 valence electrons. The van der Waals surface area contributed by atoms with Crippen LogP contribution in [0.1, 0.15) is 37.3 Å². The molecular formula is C24H31N3O2. The van der Waals surface area contributed by atoms with Gasteiger partial charge in [-0.05, 0) is 49.1 Å². The van der Waals surface area contributed by atoms with Crippen molar-refractivity contribution in [2.45, 2.75) is 44.8 Å². The maximum absolute atomic E-state index is 13.0. The number of amides is 1. The highest BCUT2D eigenvalue weighted by molar-refractivity contribution is 5.79. The molecule has 5 heteroatoms. The van der Waals surface area contributed by atoms with E-state index < -0.39 is 0 Å². The zero-order chi connectivity index (χ0) is 20.3. The number of carbonyl (C=O) groups is 1. The number of nitrogens with one attached hydrogen (secondary N) is 1. The molecule has 0 aliphatic carbocycles. The molecule has 4 rings (SSSR count). The Kier molecular flexibility index (Phi) is 5.76. The van der Waals surface area contributed by atoms with E-state index in [1.54, 1.807) is 7.11 Å². The Balaban J connectivity index is 1.47. The Morgan fingerprint density at radius 2 is 1.79 bits per heavy atom. The first-order valence-electron chi connectivity index (χ1n) is 10.6. The molecule has 2 heterocycles. The quantitative estimate of drug-likeness (QED) is 0.856. The fourth-order valence-corrected chi connectivity index (χ4v) is 4.52. The molecule has 1 N–H and O–H groups in total. The molecule has 5 nitrogen and oxygen atoms in total. The number of fused-ring (bicyclic) bond motifs is 1. The summed E-state index contributed by atoms with van der Waals surface area (Å²) in [4.78, 5) is 17.5. The van der Waals surface area contributed by atoms with Gasteiger partial charge in [-0.25, -0.2) is 0 Å². The van der Waals surface area contributed by atoms with E-state index >= 15 is 0 Å². The van der Waals surface area contributed by atoms with Gasteiger partial charge in [-0.2, -0.15) is 0 Å². The minimum Gasteiger partial charge on any atom is -0.497 e. The summed E-state index contributed by atoms with van der Waals surface area (Å²) >= 11 is 0. The summed E-state index contributed by atoms with van der Waals surface area (Å²) in [6.07, 6.45) is 2.52. The SMILES string of the molecule is CCN1Cc2ccccc2NC2(CCN(Cc3ccc(OC)cc3)CC2)CC1=O. The van der Waals surface area contributed by atoms with E-state index in [1.807, 2.05) is 17.0 Å². The summed E-state index contributed by atoms with van der Waals surface area (Å²) in [5.41, 5.74) is 3.53. The zero-order valence-electron chi connectivity index (χ0n) is 17.5. The predicted molar refractivity (Wildman–Crippen MR) is 116 cm³/mol. The van der Waals surface area contributed by atoms with E-state index in [0.29, 0.717) is 13.0 Å². The second-order valence-electron chi connectivity index (χ2n) is 8.27. The molecule has 2 aromatic carbocycles. The number of piperidine rings is 1. The molecule has 1 spiro atoms. The van der Waals surface area contributed by atoms with E-state index in [2.05, 4.69) is 53.5 Å². The van der Waals surface area contributed by atoms with Gasteiger partial charge in [0.05, 0.1) is 7.11 Å². The van der Waals surface area contributed by atoms with Crippen molar-refractivity contribution in [1.82, 2.24) is 9.80 Å². The van der Waals surface area contributed by atoms with Crippen LogP contribution in [0.15, 0.2) is 48.5 Å². The molecule has 0 aromatic heterocycles. The van der Waals surface area contributed by atoms with E-state index in [-0.39, 0.29) is 11.4 Å². The van der Waals surface area contributed by atoms with Crippen LogP contribution < -0.4 is 10.1 Å². The van der Waals surface area contributed by atoms with Crippen LogP contribution in [0.3, 0.4) is 0 Å². The molecule has 0 unspecified atom stereocenters. The second kappa shape index (κ2) is 8.46. The van der Waals surface area contributed by atoms with Crippen LogP contribution in [0.2, 0.25) is 0 Å². The molecule has 2 aliphatic rings. The van der Waals surface area contributed by atoms with E-state index in [1.165, 1.54) is 16.8 Å². The predicted octanol–water partition coefficient (Wildman–Crippen LogP) is 3.89. The largest absolute Gasteiger partial charge is 0.497 e. The molecule has 2 aromatic rings. The standard InChI is InChI=1S/C24H31N3O2/c1-3-27-18-20-6-4-5-7-22(20)25-24(16-23(27)28)12-14-26(15-13-24)17-19-8-10-21(29-2)11-9-19/h4-11,25H,3,12-18H2,1-2H3. The van der Waals surface area contributed by atoms with Crippen LogP contribution in [0.5, 0.6) is 5.75 Å². The van der Waals surface area contributed by atoms with Gasteiger partial charge < -0.3 is 15.0 Å². The first kappa shape index (κ1) is 19.8. The van der Waals surface area contributed by atoms with Crippen LogP contribution in [0.4, 0.5) is 5.69 Å². The first-order valence-corrected chi connectivity index (χ1v) is 10.6. The lowest BCUT2D eigenvalue weighted by Gasteiger charge is -2.45. The normalized spacial score (nSPS) is 19.2. The second-order valence-corrected chi connectivity index (χ2v) is 8.27. The highest BCUT2D eigenvalue weighted by Crippen LogP contribution is 2.35. The van der Waals surface area contributed by atoms with Crippen molar-refractivity contribution in [3.05, 3.63) is 59.7 Å². The van der Waals surface area contributed by atoms with Crippen LogP contribution >= 0.6 is 0 Å². The molecule has 0 atom stereocenters. The number of para-hydroxylation sites is 1. The molecular weight excluding hydrogens is 362 g/mol. The Bertz CT molecular complexity index is 841. The number of hydrogen-bond donors (Lipinski definition) is 1. The van der Waals surface area contributed by atoms with Gasteiger partial charge in [-0.1, -0.05) is 30.3 Å². The maximum atomic E-state index is 13.0. The number of methoxy groups -OCH3 is 1. The Morgan fingerprint density at radius 3 is 2.48 bits per heavy atom. The van der Waals surface area contributed by atoms with Crippen molar-refractivity contribution in [2.75, 3.05) is 32.1 Å². The average molecular weight is 394 g/mol. The van der Waals surface area contributed by atoms with Crippen LogP contribution in [-0.4, -0.2) is 48.0 Å². The molecule has 1 saturated heterocycles. The molecule has 0 radical (unpaired) electrons.